The van der Waals surface area contributed by atoms with Crippen LogP contribution in [0.4, 0.5) is 5.69 Å². The van der Waals surface area contributed by atoms with E-state index >= 15 is 0 Å². The zero-order valence-corrected chi connectivity index (χ0v) is 12.8. The molecule has 116 valence electrons. The van der Waals surface area contributed by atoms with Crippen LogP contribution in [0.2, 0.25) is 0 Å². The Morgan fingerprint density at radius 2 is 2.24 bits per heavy atom. The minimum Gasteiger partial charge on any atom is -0.495 e. The Hall–Kier alpha value is -1.59. The first-order chi connectivity index (χ1) is 10.1. The molecule has 21 heavy (non-hydrogen) atoms. The van der Waals surface area contributed by atoms with Gasteiger partial charge in [0.1, 0.15) is 5.75 Å². The number of anilines is 1. The first-order valence-electron chi connectivity index (χ1n) is 7.54. The van der Waals surface area contributed by atoms with Crippen molar-refractivity contribution in [1.82, 2.24) is 4.90 Å². The number of piperidine rings is 1. The first-order valence-corrected chi connectivity index (χ1v) is 7.54. The molecule has 2 unspecified atom stereocenters. The van der Waals surface area contributed by atoms with Crippen LogP contribution >= 0.6 is 0 Å². The minimum absolute atomic E-state index is 0.0212. The molecule has 1 heterocycles. The monoisotopic (exact) mass is 291 g/mol. The van der Waals surface area contributed by atoms with Crippen molar-refractivity contribution in [1.29, 1.82) is 0 Å². The SMILES string of the molecule is COc1ccccc1NC(=O)CN1CCCCC1C(C)N. The predicted octanol–water partition coefficient (Wildman–Crippen LogP) is 1.84. The third-order valence-corrected chi connectivity index (χ3v) is 4.00. The van der Waals surface area contributed by atoms with E-state index < -0.39 is 0 Å². The van der Waals surface area contributed by atoms with Gasteiger partial charge in [0.05, 0.1) is 19.3 Å². The largest absolute Gasteiger partial charge is 0.495 e. The molecule has 5 nitrogen and oxygen atoms in total. The second kappa shape index (κ2) is 7.43. The molecule has 3 N–H and O–H groups in total. The number of carbonyl (C=O) groups is 1. The van der Waals surface area contributed by atoms with E-state index in [1.165, 1.54) is 6.42 Å². The topological polar surface area (TPSA) is 67.6 Å². The molecule has 1 aromatic rings. The van der Waals surface area contributed by atoms with Gasteiger partial charge >= 0.3 is 0 Å². The highest BCUT2D eigenvalue weighted by Crippen LogP contribution is 2.23. The van der Waals surface area contributed by atoms with Crippen molar-refractivity contribution in [2.45, 2.75) is 38.3 Å². The molecular weight excluding hydrogens is 266 g/mol. The molecule has 0 spiro atoms. The molecule has 1 saturated heterocycles. The van der Waals surface area contributed by atoms with Crippen LogP contribution in [0.15, 0.2) is 24.3 Å². The van der Waals surface area contributed by atoms with Gasteiger partial charge in [-0.2, -0.15) is 0 Å². The Bertz CT molecular complexity index is 476. The smallest absolute Gasteiger partial charge is 0.238 e. The maximum atomic E-state index is 12.3. The van der Waals surface area contributed by atoms with Crippen molar-refractivity contribution in [3.8, 4) is 5.75 Å². The number of amides is 1. The lowest BCUT2D eigenvalue weighted by atomic mass is 9.97. The van der Waals surface area contributed by atoms with Crippen molar-refractivity contribution in [3.05, 3.63) is 24.3 Å². The van der Waals surface area contributed by atoms with Crippen LogP contribution < -0.4 is 15.8 Å². The standard InChI is InChI=1S/C16H25N3O2/c1-12(17)14-8-5-6-10-19(14)11-16(20)18-13-7-3-4-9-15(13)21-2/h3-4,7,9,12,14H,5-6,8,10-11,17H2,1-2H3,(H,18,20). The van der Waals surface area contributed by atoms with E-state index in [0.29, 0.717) is 24.0 Å². The fourth-order valence-corrected chi connectivity index (χ4v) is 2.93. The average molecular weight is 291 g/mol. The second-order valence-electron chi connectivity index (χ2n) is 5.64. The summed E-state index contributed by atoms with van der Waals surface area (Å²) in [5.74, 6) is 0.653. The van der Waals surface area contributed by atoms with Gasteiger partial charge in [0.15, 0.2) is 0 Å². The lowest BCUT2D eigenvalue weighted by Crippen LogP contribution is -2.51. The van der Waals surface area contributed by atoms with Crippen LogP contribution in [-0.4, -0.2) is 43.1 Å². The van der Waals surface area contributed by atoms with Gasteiger partial charge in [-0.3, -0.25) is 9.69 Å². The molecule has 0 aromatic heterocycles. The zero-order chi connectivity index (χ0) is 15.2. The molecule has 1 fully saturated rings. The van der Waals surface area contributed by atoms with Crippen LogP contribution in [-0.2, 0) is 4.79 Å². The van der Waals surface area contributed by atoms with Crippen LogP contribution in [0.5, 0.6) is 5.75 Å². The summed E-state index contributed by atoms with van der Waals surface area (Å²) in [5.41, 5.74) is 6.75. The summed E-state index contributed by atoms with van der Waals surface area (Å²) in [7, 11) is 1.60. The van der Waals surface area contributed by atoms with E-state index in [1.54, 1.807) is 7.11 Å². The fourth-order valence-electron chi connectivity index (χ4n) is 2.93. The minimum atomic E-state index is -0.0212. The van der Waals surface area contributed by atoms with Crippen LogP contribution in [0, 0.1) is 0 Å². The number of ether oxygens (including phenoxy) is 1. The lowest BCUT2D eigenvalue weighted by Gasteiger charge is -2.37. The van der Waals surface area contributed by atoms with Crippen LogP contribution in [0.1, 0.15) is 26.2 Å². The lowest BCUT2D eigenvalue weighted by molar-refractivity contribution is -0.118. The Balaban J connectivity index is 1.97. The van der Waals surface area contributed by atoms with Crippen molar-refractivity contribution < 1.29 is 9.53 Å². The highest BCUT2D eigenvalue weighted by molar-refractivity contribution is 5.93. The van der Waals surface area contributed by atoms with Gasteiger partial charge in [0, 0.05) is 12.1 Å². The van der Waals surface area contributed by atoms with Crippen LogP contribution in [0.25, 0.3) is 0 Å². The summed E-state index contributed by atoms with van der Waals surface area (Å²) in [4.78, 5) is 14.5. The first kappa shape index (κ1) is 15.8. The number of rotatable bonds is 5. The van der Waals surface area contributed by atoms with E-state index in [4.69, 9.17) is 10.5 Å². The quantitative estimate of drug-likeness (QED) is 0.868. The highest BCUT2D eigenvalue weighted by atomic mass is 16.5. The maximum Gasteiger partial charge on any atom is 0.238 e. The number of nitrogens with two attached hydrogens (primary N) is 1. The summed E-state index contributed by atoms with van der Waals surface area (Å²) in [6, 6.07) is 7.82. The number of likely N-dealkylation sites (tertiary alicyclic amines) is 1. The summed E-state index contributed by atoms with van der Waals surface area (Å²) < 4.78 is 5.25. The molecule has 1 aliphatic rings. The number of methoxy groups -OCH3 is 1. The average Bonchev–Trinajstić information content (AvgIpc) is 2.48. The van der Waals surface area contributed by atoms with Gasteiger partial charge in [-0.1, -0.05) is 18.6 Å². The van der Waals surface area contributed by atoms with E-state index in [2.05, 4.69) is 10.2 Å². The van der Waals surface area contributed by atoms with Crippen molar-refractivity contribution in [3.63, 3.8) is 0 Å². The number of para-hydroxylation sites is 2. The van der Waals surface area contributed by atoms with Gasteiger partial charge in [-0.05, 0) is 38.4 Å². The summed E-state index contributed by atoms with van der Waals surface area (Å²) in [6.45, 7) is 3.33. The normalized spacial score (nSPS) is 20.8. The molecule has 1 aromatic carbocycles. The van der Waals surface area contributed by atoms with Crippen LogP contribution in [0.3, 0.4) is 0 Å². The number of nitrogens with one attached hydrogen (secondary N) is 1. The number of nitrogens with zero attached hydrogens (tertiary/aromatic N) is 1. The Labute approximate surface area is 126 Å². The van der Waals surface area contributed by atoms with Crippen molar-refractivity contribution in [2.75, 3.05) is 25.5 Å². The molecule has 0 bridgehead atoms. The third-order valence-electron chi connectivity index (χ3n) is 4.00. The molecule has 0 radical (unpaired) electrons. The van der Waals surface area contributed by atoms with Crippen molar-refractivity contribution in [2.24, 2.45) is 5.73 Å². The number of hydrogen-bond acceptors (Lipinski definition) is 4. The summed E-state index contributed by atoms with van der Waals surface area (Å²) in [5, 5.41) is 2.92. The molecule has 1 amide bonds. The Kier molecular flexibility index (Phi) is 5.59. The number of hydrogen-bond donors (Lipinski definition) is 2. The molecule has 2 rings (SSSR count). The third kappa shape index (κ3) is 4.19. The van der Waals surface area contributed by atoms with E-state index in [9.17, 15) is 4.79 Å². The molecule has 0 saturated carbocycles. The second-order valence-corrected chi connectivity index (χ2v) is 5.64. The molecular formula is C16H25N3O2. The van der Waals surface area contributed by atoms with E-state index in [-0.39, 0.29) is 11.9 Å². The fraction of sp³-hybridized carbons (Fsp3) is 0.562. The molecule has 0 aliphatic carbocycles. The number of carbonyl (C=O) groups excluding carboxylic acids is 1. The molecule has 5 heteroatoms. The predicted molar refractivity (Wildman–Crippen MR) is 84.5 cm³/mol. The van der Waals surface area contributed by atoms with Gasteiger partial charge in [-0.25, -0.2) is 0 Å². The van der Waals surface area contributed by atoms with Gasteiger partial charge in [-0.15, -0.1) is 0 Å². The van der Waals surface area contributed by atoms with Gasteiger partial charge in [0.2, 0.25) is 5.91 Å². The van der Waals surface area contributed by atoms with Crippen molar-refractivity contribution >= 4 is 11.6 Å². The van der Waals surface area contributed by atoms with Gasteiger partial charge < -0.3 is 15.8 Å². The summed E-state index contributed by atoms with van der Waals surface area (Å²) >= 11 is 0. The molecule has 2 atom stereocenters. The van der Waals surface area contributed by atoms with E-state index in [0.717, 1.165) is 19.4 Å². The highest BCUT2D eigenvalue weighted by Gasteiger charge is 2.26. The summed E-state index contributed by atoms with van der Waals surface area (Å²) in [6.07, 6.45) is 3.39. The van der Waals surface area contributed by atoms with Gasteiger partial charge in [0.25, 0.3) is 0 Å². The Morgan fingerprint density at radius 1 is 1.48 bits per heavy atom. The molecule has 1 aliphatic heterocycles. The maximum absolute atomic E-state index is 12.3. The van der Waals surface area contributed by atoms with E-state index in [1.807, 2.05) is 31.2 Å². The zero-order valence-electron chi connectivity index (χ0n) is 12.8. The Morgan fingerprint density at radius 3 is 2.95 bits per heavy atom. The number of benzene rings is 1.